The largest absolute Gasteiger partial charge is 0.496 e. The highest BCUT2D eigenvalue weighted by Crippen LogP contribution is 2.41. The summed E-state index contributed by atoms with van der Waals surface area (Å²) < 4.78 is 38.8. The van der Waals surface area contributed by atoms with Crippen LogP contribution in [0.4, 0.5) is 5.69 Å². The maximum absolute atomic E-state index is 12.5. The van der Waals surface area contributed by atoms with Gasteiger partial charge in [-0.05, 0) is 36.6 Å². The number of fused-ring (bicyclic) bond motifs is 1. The average Bonchev–Trinajstić information content (AvgIpc) is 2.55. The second kappa shape index (κ2) is 6.12. The van der Waals surface area contributed by atoms with Crippen LogP contribution in [0.25, 0.3) is 0 Å². The lowest BCUT2D eigenvalue weighted by Gasteiger charge is -2.26. The number of hydrogen-bond donors (Lipinski definition) is 1. The summed E-state index contributed by atoms with van der Waals surface area (Å²) in [6.07, 6.45) is 0.791. The van der Waals surface area contributed by atoms with Crippen LogP contribution in [0.2, 0.25) is 0 Å². The lowest BCUT2D eigenvalue weighted by atomic mass is 9.97. The number of anilines is 1. The van der Waals surface area contributed by atoms with Crippen LogP contribution in [0.15, 0.2) is 47.4 Å². The zero-order chi connectivity index (χ0) is 16.4. The third-order valence-corrected chi connectivity index (χ3v) is 5.18. The van der Waals surface area contributed by atoms with Crippen molar-refractivity contribution in [3.8, 4) is 11.5 Å². The topological polar surface area (TPSA) is 64.6 Å². The first kappa shape index (κ1) is 15.7. The Bertz CT molecular complexity index is 803. The molecular weight excluding hydrogens is 314 g/mol. The van der Waals surface area contributed by atoms with E-state index in [0.29, 0.717) is 29.7 Å². The zero-order valence-corrected chi connectivity index (χ0v) is 13.9. The fourth-order valence-corrected chi connectivity index (χ4v) is 3.76. The van der Waals surface area contributed by atoms with Gasteiger partial charge in [0.25, 0.3) is 10.0 Å². The minimum Gasteiger partial charge on any atom is -0.496 e. The van der Waals surface area contributed by atoms with Crippen LogP contribution in [-0.4, -0.2) is 22.1 Å². The number of nitrogens with one attached hydrogen (secondary N) is 1. The molecule has 1 heterocycles. The number of ether oxygens (including phenoxy) is 2. The van der Waals surface area contributed by atoms with Gasteiger partial charge in [-0.2, -0.15) is 0 Å². The van der Waals surface area contributed by atoms with Gasteiger partial charge in [-0.25, -0.2) is 8.42 Å². The first-order chi connectivity index (χ1) is 11.0. The van der Waals surface area contributed by atoms with Gasteiger partial charge in [-0.3, -0.25) is 4.72 Å². The standard InChI is InChI=1S/C17H19NO4S/c1-12-10-14-16(21-2)9-8-15(17(14)22-11-12)18-23(19,20)13-6-4-3-5-7-13/h3-9,12,18H,10-11H2,1-2H3/t12-/m1/s1. The summed E-state index contributed by atoms with van der Waals surface area (Å²) in [6, 6.07) is 11.7. The van der Waals surface area contributed by atoms with E-state index in [1.165, 1.54) is 0 Å². The van der Waals surface area contributed by atoms with Crippen molar-refractivity contribution in [1.29, 1.82) is 0 Å². The Balaban J connectivity index is 2.00. The normalized spacial score (nSPS) is 17.0. The van der Waals surface area contributed by atoms with E-state index in [1.54, 1.807) is 49.6 Å². The molecule has 1 N–H and O–H groups in total. The fraction of sp³-hybridized carbons (Fsp3) is 0.294. The Kier molecular flexibility index (Phi) is 4.17. The van der Waals surface area contributed by atoms with Crippen molar-refractivity contribution in [2.45, 2.75) is 18.2 Å². The van der Waals surface area contributed by atoms with E-state index in [9.17, 15) is 8.42 Å². The molecule has 1 aliphatic heterocycles. The molecule has 2 aromatic carbocycles. The molecule has 0 spiro atoms. The predicted octanol–water partition coefficient (Wildman–Crippen LogP) is 3.07. The summed E-state index contributed by atoms with van der Waals surface area (Å²) in [5, 5.41) is 0. The average molecular weight is 333 g/mol. The molecule has 5 nitrogen and oxygen atoms in total. The first-order valence-corrected chi connectivity index (χ1v) is 8.90. The summed E-state index contributed by atoms with van der Waals surface area (Å²) in [5.41, 5.74) is 1.34. The van der Waals surface area contributed by atoms with Crippen molar-refractivity contribution in [2.75, 3.05) is 18.4 Å². The fourth-order valence-electron chi connectivity index (χ4n) is 2.68. The Labute approximate surface area is 136 Å². The summed E-state index contributed by atoms with van der Waals surface area (Å²) in [7, 11) is -2.05. The van der Waals surface area contributed by atoms with E-state index in [-0.39, 0.29) is 4.90 Å². The number of methoxy groups -OCH3 is 1. The molecule has 1 atom stereocenters. The number of hydrogen-bond acceptors (Lipinski definition) is 4. The van der Waals surface area contributed by atoms with E-state index in [2.05, 4.69) is 11.6 Å². The van der Waals surface area contributed by atoms with Crippen molar-refractivity contribution in [3.05, 3.63) is 48.0 Å². The van der Waals surface area contributed by atoms with Crippen LogP contribution in [0.5, 0.6) is 11.5 Å². The summed E-state index contributed by atoms with van der Waals surface area (Å²) in [4.78, 5) is 0.216. The van der Waals surface area contributed by atoms with Gasteiger partial charge in [0.05, 0.1) is 24.3 Å². The number of rotatable bonds is 4. The van der Waals surface area contributed by atoms with Crippen LogP contribution in [-0.2, 0) is 16.4 Å². The Morgan fingerprint density at radius 3 is 2.61 bits per heavy atom. The van der Waals surface area contributed by atoms with E-state index in [0.717, 1.165) is 12.0 Å². The molecule has 3 rings (SSSR count). The third-order valence-electron chi connectivity index (χ3n) is 3.80. The third kappa shape index (κ3) is 3.12. The molecule has 122 valence electrons. The van der Waals surface area contributed by atoms with Gasteiger partial charge < -0.3 is 9.47 Å². The molecule has 0 aromatic heterocycles. The molecule has 0 fully saturated rings. The van der Waals surface area contributed by atoms with E-state index < -0.39 is 10.0 Å². The molecule has 0 unspecified atom stereocenters. The molecule has 6 heteroatoms. The molecule has 0 bridgehead atoms. The lowest BCUT2D eigenvalue weighted by Crippen LogP contribution is -2.21. The Morgan fingerprint density at radius 2 is 1.91 bits per heavy atom. The van der Waals surface area contributed by atoms with Gasteiger partial charge in [0.2, 0.25) is 0 Å². The van der Waals surface area contributed by atoms with Crippen molar-refractivity contribution in [1.82, 2.24) is 0 Å². The van der Waals surface area contributed by atoms with Crippen LogP contribution in [0.1, 0.15) is 12.5 Å². The molecule has 0 radical (unpaired) electrons. The molecule has 0 saturated heterocycles. The van der Waals surface area contributed by atoms with Gasteiger partial charge >= 0.3 is 0 Å². The van der Waals surface area contributed by atoms with Crippen molar-refractivity contribution >= 4 is 15.7 Å². The molecule has 2 aromatic rings. The van der Waals surface area contributed by atoms with Crippen LogP contribution >= 0.6 is 0 Å². The SMILES string of the molecule is COc1ccc(NS(=O)(=O)c2ccccc2)c2c1C[C@@H](C)CO2. The highest BCUT2D eigenvalue weighted by Gasteiger charge is 2.25. The maximum Gasteiger partial charge on any atom is 0.262 e. The first-order valence-electron chi connectivity index (χ1n) is 7.42. The van der Waals surface area contributed by atoms with E-state index >= 15 is 0 Å². The Hall–Kier alpha value is -2.21. The summed E-state index contributed by atoms with van der Waals surface area (Å²) in [5.74, 6) is 1.63. The van der Waals surface area contributed by atoms with E-state index in [4.69, 9.17) is 9.47 Å². The van der Waals surface area contributed by atoms with Crippen molar-refractivity contribution in [3.63, 3.8) is 0 Å². The van der Waals surface area contributed by atoms with Crippen LogP contribution in [0, 0.1) is 5.92 Å². The van der Waals surface area contributed by atoms with Gasteiger partial charge in [-0.15, -0.1) is 0 Å². The van der Waals surface area contributed by atoms with Crippen molar-refractivity contribution in [2.24, 2.45) is 5.92 Å². The van der Waals surface area contributed by atoms with Gasteiger partial charge in [0.15, 0.2) is 0 Å². The quantitative estimate of drug-likeness (QED) is 0.934. The number of sulfonamides is 1. The summed E-state index contributed by atoms with van der Waals surface area (Å²) >= 11 is 0. The van der Waals surface area contributed by atoms with Crippen molar-refractivity contribution < 1.29 is 17.9 Å². The highest BCUT2D eigenvalue weighted by atomic mass is 32.2. The second-order valence-electron chi connectivity index (χ2n) is 5.66. The minimum absolute atomic E-state index is 0.216. The number of benzene rings is 2. The minimum atomic E-state index is -3.65. The van der Waals surface area contributed by atoms with E-state index in [1.807, 2.05) is 0 Å². The smallest absolute Gasteiger partial charge is 0.262 e. The highest BCUT2D eigenvalue weighted by molar-refractivity contribution is 7.92. The Morgan fingerprint density at radius 1 is 1.17 bits per heavy atom. The molecule has 23 heavy (non-hydrogen) atoms. The van der Waals surface area contributed by atoms with Gasteiger partial charge in [-0.1, -0.05) is 25.1 Å². The lowest BCUT2D eigenvalue weighted by molar-refractivity contribution is 0.231. The van der Waals surface area contributed by atoms with Crippen LogP contribution < -0.4 is 14.2 Å². The monoisotopic (exact) mass is 333 g/mol. The van der Waals surface area contributed by atoms with Gasteiger partial charge in [0.1, 0.15) is 11.5 Å². The van der Waals surface area contributed by atoms with Gasteiger partial charge in [0, 0.05) is 5.56 Å². The summed E-state index contributed by atoms with van der Waals surface area (Å²) in [6.45, 7) is 2.64. The maximum atomic E-state index is 12.5. The van der Waals surface area contributed by atoms with Crippen LogP contribution in [0.3, 0.4) is 0 Å². The predicted molar refractivity (Wildman–Crippen MR) is 88.6 cm³/mol. The zero-order valence-electron chi connectivity index (χ0n) is 13.1. The molecule has 0 aliphatic carbocycles. The molecule has 1 aliphatic rings. The molecule has 0 saturated carbocycles. The second-order valence-corrected chi connectivity index (χ2v) is 7.34. The molecular formula is C17H19NO4S. The molecule has 0 amide bonds.